The molecule has 0 radical (unpaired) electrons. The fourth-order valence-electron chi connectivity index (χ4n) is 2.70. The zero-order valence-corrected chi connectivity index (χ0v) is 11.9. The van der Waals surface area contributed by atoms with E-state index >= 15 is 0 Å². The van der Waals surface area contributed by atoms with Crippen molar-refractivity contribution in [3.63, 3.8) is 0 Å². The van der Waals surface area contributed by atoms with Gasteiger partial charge in [-0.25, -0.2) is 0 Å². The van der Waals surface area contributed by atoms with E-state index in [1.807, 2.05) is 38.4 Å². The number of hydrogen-bond donors (Lipinski definition) is 1. The maximum Gasteiger partial charge on any atom is 0.234 e. The second-order valence-corrected chi connectivity index (χ2v) is 5.23. The first-order valence-corrected chi connectivity index (χ1v) is 6.70. The molecule has 0 aliphatic heterocycles. The van der Waals surface area contributed by atoms with E-state index in [-0.39, 0.29) is 11.3 Å². The average Bonchev–Trinajstić information content (AvgIpc) is 2.41. The van der Waals surface area contributed by atoms with E-state index in [0.29, 0.717) is 0 Å². The summed E-state index contributed by atoms with van der Waals surface area (Å²) in [6.07, 6.45) is 3.08. The van der Waals surface area contributed by atoms with Crippen molar-refractivity contribution in [2.75, 3.05) is 32.6 Å². The van der Waals surface area contributed by atoms with Crippen LogP contribution in [0.15, 0.2) is 24.3 Å². The third-order valence-electron chi connectivity index (χ3n) is 4.02. The summed E-state index contributed by atoms with van der Waals surface area (Å²) in [6, 6.07) is 7.62. The Morgan fingerprint density at radius 1 is 1.47 bits per heavy atom. The van der Waals surface area contributed by atoms with Crippen LogP contribution in [0.4, 0.5) is 5.69 Å². The fraction of sp³-hybridized carbons (Fsp3) is 0.533. The minimum atomic E-state index is -0.216. The number of amides is 1. The van der Waals surface area contributed by atoms with Crippen molar-refractivity contribution in [1.82, 2.24) is 5.32 Å². The van der Waals surface area contributed by atoms with Crippen molar-refractivity contribution in [3.8, 4) is 5.75 Å². The zero-order chi connectivity index (χ0) is 13.9. The van der Waals surface area contributed by atoms with Gasteiger partial charge in [0, 0.05) is 25.3 Å². The molecule has 4 nitrogen and oxygen atoms in total. The molecule has 0 saturated heterocycles. The normalized spacial score (nSPS) is 16.6. The van der Waals surface area contributed by atoms with Crippen molar-refractivity contribution >= 4 is 11.6 Å². The molecular formula is C15H22N2O2. The largest absolute Gasteiger partial charge is 0.497 e. The van der Waals surface area contributed by atoms with Crippen molar-refractivity contribution in [3.05, 3.63) is 24.3 Å². The van der Waals surface area contributed by atoms with Crippen LogP contribution in [0.3, 0.4) is 0 Å². The molecule has 0 heterocycles. The number of nitrogens with zero attached hydrogens (tertiary/aromatic N) is 1. The molecule has 0 atom stereocenters. The minimum absolute atomic E-state index is 0.196. The van der Waals surface area contributed by atoms with E-state index in [2.05, 4.69) is 5.32 Å². The second kappa shape index (κ2) is 5.61. The molecule has 0 bridgehead atoms. The molecule has 2 rings (SSSR count). The van der Waals surface area contributed by atoms with Gasteiger partial charge in [-0.15, -0.1) is 0 Å². The molecule has 1 aliphatic rings. The van der Waals surface area contributed by atoms with Gasteiger partial charge in [-0.05, 0) is 32.0 Å². The van der Waals surface area contributed by atoms with E-state index in [0.717, 1.165) is 37.2 Å². The minimum Gasteiger partial charge on any atom is -0.497 e. The summed E-state index contributed by atoms with van der Waals surface area (Å²) in [5.41, 5.74) is 0.666. The van der Waals surface area contributed by atoms with Crippen LogP contribution < -0.4 is 15.0 Å². The van der Waals surface area contributed by atoms with Crippen LogP contribution in [0.25, 0.3) is 0 Å². The highest BCUT2D eigenvalue weighted by Crippen LogP contribution is 2.42. The molecule has 1 fully saturated rings. The van der Waals surface area contributed by atoms with Crippen LogP contribution in [-0.2, 0) is 4.79 Å². The summed E-state index contributed by atoms with van der Waals surface area (Å²) in [7, 11) is 5.38. The van der Waals surface area contributed by atoms with Gasteiger partial charge < -0.3 is 15.0 Å². The molecule has 0 aromatic heterocycles. The van der Waals surface area contributed by atoms with E-state index in [9.17, 15) is 4.79 Å². The Labute approximate surface area is 114 Å². The van der Waals surface area contributed by atoms with Crippen molar-refractivity contribution in [1.29, 1.82) is 0 Å². The summed E-state index contributed by atoms with van der Waals surface area (Å²) < 4.78 is 5.21. The average molecular weight is 262 g/mol. The maximum atomic E-state index is 12.7. The van der Waals surface area contributed by atoms with E-state index < -0.39 is 0 Å². The Bertz CT molecular complexity index is 455. The molecule has 0 spiro atoms. The molecule has 1 saturated carbocycles. The Morgan fingerprint density at radius 2 is 2.21 bits per heavy atom. The lowest BCUT2D eigenvalue weighted by Crippen LogP contribution is -2.51. The number of ether oxygens (including phenoxy) is 1. The summed E-state index contributed by atoms with van der Waals surface area (Å²) in [5, 5.41) is 3.15. The molecular weight excluding hydrogens is 240 g/mol. The number of carbonyl (C=O) groups excluding carboxylic acids is 1. The lowest BCUT2D eigenvalue weighted by Gasteiger charge is -2.42. The summed E-state index contributed by atoms with van der Waals surface area (Å²) in [4.78, 5) is 14.4. The van der Waals surface area contributed by atoms with Crippen LogP contribution in [-0.4, -0.2) is 33.7 Å². The number of anilines is 1. The summed E-state index contributed by atoms with van der Waals surface area (Å²) in [5.74, 6) is 0.967. The molecule has 1 aromatic rings. The molecule has 1 aromatic carbocycles. The standard InChI is InChI=1S/C15H22N2O2/c1-16-11-15(8-5-9-15)14(18)17(2)12-6-4-7-13(10-12)19-3/h4,6-7,10,16H,5,8-9,11H2,1-3H3. The van der Waals surface area contributed by atoms with Crippen LogP contribution in [0, 0.1) is 5.41 Å². The lowest BCUT2D eigenvalue weighted by molar-refractivity contribution is -0.132. The molecule has 4 heteroatoms. The SMILES string of the molecule is CNCC1(C(=O)N(C)c2cccc(OC)c2)CCC1. The third kappa shape index (κ3) is 2.59. The fourth-order valence-corrected chi connectivity index (χ4v) is 2.70. The summed E-state index contributed by atoms with van der Waals surface area (Å²) >= 11 is 0. The third-order valence-corrected chi connectivity index (χ3v) is 4.02. The Kier molecular flexibility index (Phi) is 4.10. The maximum absolute atomic E-state index is 12.7. The predicted molar refractivity (Wildman–Crippen MR) is 76.6 cm³/mol. The molecule has 0 unspecified atom stereocenters. The second-order valence-electron chi connectivity index (χ2n) is 5.23. The lowest BCUT2D eigenvalue weighted by atomic mass is 9.67. The number of benzene rings is 1. The number of methoxy groups -OCH3 is 1. The van der Waals surface area contributed by atoms with Crippen LogP contribution >= 0.6 is 0 Å². The van der Waals surface area contributed by atoms with Gasteiger partial charge in [0.25, 0.3) is 0 Å². The van der Waals surface area contributed by atoms with Gasteiger partial charge in [0.15, 0.2) is 0 Å². The van der Waals surface area contributed by atoms with Crippen molar-refractivity contribution in [2.45, 2.75) is 19.3 Å². The highest BCUT2D eigenvalue weighted by atomic mass is 16.5. The first-order valence-electron chi connectivity index (χ1n) is 6.70. The Balaban J connectivity index is 2.18. The van der Waals surface area contributed by atoms with Gasteiger partial charge in [-0.3, -0.25) is 4.79 Å². The predicted octanol–water partition coefficient (Wildman–Crippen LogP) is 2.05. The van der Waals surface area contributed by atoms with E-state index in [4.69, 9.17) is 4.74 Å². The highest BCUT2D eigenvalue weighted by Gasteiger charge is 2.45. The molecule has 1 aliphatic carbocycles. The van der Waals surface area contributed by atoms with Gasteiger partial charge in [0.2, 0.25) is 5.91 Å². The molecule has 1 N–H and O–H groups in total. The van der Waals surface area contributed by atoms with Crippen molar-refractivity contribution in [2.24, 2.45) is 5.41 Å². The quantitative estimate of drug-likeness (QED) is 0.883. The number of rotatable bonds is 5. The Hall–Kier alpha value is -1.55. The van der Waals surface area contributed by atoms with Crippen LogP contribution in [0.2, 0.25) is 0 Å². The smallest absolute Gasteiger partial charge is 0.234 e. The zero-order valence-electron chi connectivity index (χ0n) is 11.9. The topological polar surface area (TPSA) is 41.6 Å². The monoisotopic (exact) mass is 262 g/mol. The van der Waals surface area contributed by atoms with Gasteiger partial charge in [-0.1, -0.05) is 12.5 Å². The van der Waals surface area contributed by atoms with Gasteiger partial charge >= 0.3 is 0 Å². The highest BCUT2D eigenvalue weighted by molar-refractivity contribution is 5.98. The van der Waals surface area contributed by atoms with Gasteiger partial charge in [0.1, 0.15) is 5.75 Å². The van der Waals surface area contributed by atoms with Crippen LogP contribution in [0.5, 0.6) is 5.75 Å². The Morgan fingerprint density at radius 3 is 2.74 bits per heavy atom. The van der Waals surface area contributed by atoms with Crippen LogP contribution in [0.1, 0.15) is 19.3 Å². The van der Waals surface area contributed by atoms with E-state index in [1.165, 1.54) is 0 Å². The first-order chi connectivity index (χ1) is 9.13. The first kappa shape index (κ1) is 13.9. The van der Waals surface area contributed by atoms with Crippen molar-refractivity contribution < 1.29 is 9.53 Å². The number of carbonyl (C=O) groups is 1. The summed E-state index contributed by atoms with van der Waals surface area (Å²) in [6.45, 7) is 0.750. The van der Waals surface area contributed by atoms with E-state index in [1.54, 1.807) is 12.0 Å². The molecule has 104 valence electrons. The molecule has 19 heavy (non-hydrogen) atoms. The number of hydrogen-bond acceptors (Lipinski definition) is 3. The molecule has 1 amide bonds. The number of nitrogens with one attached hydrogen (secondary N) is 1. The van der Waals surface area contributed by atoms with Gasteiger partial charge in [-0.2, -0.15) is 0 Å². The van der Waals surface area contributed by atoms with Gasteiger partial charge in [0.05, 0.1) is 12.5 Å².